The lowest BCUT2D eigenvalue weighted by molar-refractivity contribution is 0.471. The second kappa shape index (κ2) is 7.63. The molecule has 0 saturated heterocycles. The van der Waals surface area contributed by atoms with Gasteiger partial charge in [-0.2, -0.15) is 5.10 Å². The van der Waals surface area contributed by atoms with Crippen molar-refractivity contribution >= 4 is 49.4 Å². The summed E-state index contributed by atoms with van der Waals surface area (Å²) < 4.78 is 17.1. The summed E-state index contributed by atoms with van der Waals surface area (Å²) in [6.07, 6.45) is 1.51. The smallest absolute Gasteiger partial charge is 0.205 e. The van der Waals surface area contributed by atoms with E-state index in [9.17, 15) is 9.50 Å². The molecule has 0 bridgehead atoms. The summed E-state index contributed by atoms with van der Waals surface area (Å²) in [4.78, 5) is 4.79. The number of benzene rings is 2. The SMILES string of the molecule is CN=c1scc(-c2ccccc2F)n1N=Cc1cc(Br)cc(Br)c1O. The van der Waals surface area contributed by atoms with Gasteiger partial charge in [0.25, 0.3) is 0 Å². The summed E-state index contributed by atoms with van der Waals surface area (Å²) in [6, 6.07) is 9.98. The van der Waals surface area contributed by atoms with Crippen molar-refractivity contribution in [2.24, 2.45) is 10.1 Å². The van der Waals surface area contributed by atoms with Crippen molar-refractivity contribution in [1.29, 1.82) is 0 Å². The highest BCUT2D eigenvalue weighted by Crippen LogP contribution is 2.31. The molecule has 0 atom stereocenters. The Labute approximate surface area is 164 Å². The average molecular weight is 485 g/mol. The van der Waals surface area contributed by atoms with Crippen molar-refractivity contribution in [3.05, 3.63) is 66.9 Å². The van der Waals surface area contributed by atoms with Gasteiger partial charge in [-0.1, -0.05) is 28.1 Å². The monoisotopic (exact) mass is 483 g/mol. The molecule has 1 N–H and O–H groups in total. The van der Waals surface area contributed by atoms with E-state index in [0.717, 1.165) is 4.47 Å². The average Bonchev–Trinajstić information content (AvgIpc) is 3.00. The maximum atomic E-state index is 14.2. The first kappa shape index (κ1) is 18.0. The van der Waals surface area contributed by atoms with Gasteiger partial charge in [0.05, 0.1) is 16.4 Å². The van der Waals surface area contributed by atoms with Gasteiger partial charge in [0.2, 0.25) is 4.80 Å². The molecule has 2 aromatic carbocycles. The third kappa shape index (κ3) is 3.75. The van der Waals surface area contributed by atoms with E-state index < -0.39 is 0 Å². The Morgan fingerprint density at radius 2 is 2.00 bits per heavy atom. The molecule has 3 aromatic rings. The lowest BCUT2D eigenvalue weighted by Gasteiger charge is -2.06. The van der Waals surface area contributed by atoms with Gasteiger partial charge in [0.15, 0.2) is 0 Å². The van der Waals surface area contributed by atoms with Crippen LogP contribution >= 0.6 is 43.2 Å². The summed E-state index contributed by atoms with van der Waals surface area (Å²) in [5, 5.41) is 16.4. The predicted molar refractivity (Wildman–Crippen MR) is 106 cm³/mol. The van der Waals surface area contributed by atoms with E-state index in [4.69, 9.17) is 0 Å². The molecule has 0 amide bonds. The fourth-order valence-corrected chi connectivity index (χ4v) is 4.27. The van der Waals surface area contributed by atoms with Crippen LogP contribution < -0.4 is 4.80 Å². The first-order valence-corrected chi connectivity index (χ1v) is 9.58. The van der Waals surface area contributed by atoms with E-state index >= 15 is 0 Å². The van der Waals surface area contributed by atoms with Gasteiger partial charge in [-0.25, -0.2) is 9.07 Å². The molecule has 128 valence electrons. The summed E-state index contributed by atoms with van der Waals surface area (Å²) in [6.45, 7) is 0. The van der Waals surface area contributed by atoms with Gasteiger partial charge in [0, 0.05) is 28.0 Å². The van der Waals surface area contributed by atoms with Crippen molar-refractivity contribution in [1.82, 2.24) is 4.68 Å². The van der Waals surface area contributed by atoms with Crippen molar-refractivity contribution in [3.63, 3.8) is 0 Å². The van der Waals surface area contributed by atoms with Crippen LogP contribution in [-0.4, -0.2) is 23.0 Å². The fourth-order valence-electron chi connectivity index (χ4n) is 2.22. The van der Waals surface area contributed by atoms with E-state index in [1.165, 1.54) is 23.6 Å². The van der Waals surface area contributed by atoms with E-state index in [-0.39, 0.29) is 11.6 Å². The van der Waals surface area contributed by atoms with Crippen LogP contribution in [0.4, 0.5) is 4.39 Å². The Kier molecular flexibility index (Phi) is 5.51. The normalized spacial score (nSPS) is 12.2. The van der Waals surface area contributed by atoms with Crippen molar-refractivity contribution < 1.29 is 9.50 Å². The van der Waals surface area contributed by atoms with Gasteiger partial charge < -0.3 is 5.11 Å². The molecule has 3 rings (SSSR count). The largest absolute Gasteiger partial charge is 0.506 e. The molecule has 8 heteroatoms. The first-order chi connectivity index (χ1) is 12.0. The second-order valence-electron chi connectivity index (χ2n) is 4.99. The summed E-state index contributed by atoms with van der Waals surface area (Å²) in [5.74, 6) is -0.259. The molecule has 1 aromatic heterocycles. The summed E-state index contributed by atoms with van der Waals surface area (Å²) in [5.41, 5.74) is 1.54. The van der Waals surface area contributed by atoms with Crippen LogP contribution in [0.1, 0.15) is 5.56 Å². The van der Waals surface area contributed by atoms with Crippen LogP contribution in [0, 0.1) is 5.82 Å². The lowest BCUT2D eigenvalue weighted by Crippen LogP contribution is -2.12. The highest BCUT2D eigenvalue weighted by atomic mass is 79.9. The quantitative estimate of drug-likeness (QED) is 0.522. The number of nitrogens with zero attached hydrogens (tertiary/aromatic N) is 3. The maximum Gasteiger partial charge on any atom is 0.205 e. The highest BCUT2D eigenvalue weighted by Gasteiger charge is 2.12. The van der Waals surface area contributed by atoms with Crippen LogP contribution in [0.5, 0.6) is 5.75 Å². The number of hydrogen-bond donors (Lipinski definition) is 1. The van der Waals surface area contributed by atoms with Crippen molar-refractivity contribution in [3.8, 4) is 17.0 Å². The van der Waals surface area contributed by atoms with Gasteiger partial charge in [0.1, 0.15) is 11.6 Å². The zero-order valence-electron chi connectivity index (χ0n) is 12.9. The Morgan fingerprint density at radius 3 is 2.72 bits per heavy atom. The molecule has 0 aliphatic rings. The Bertz CT molecular complexity index is 1030. The van der Waals surface area contributed by atoms with Crippen LogP contribution in [0.15, 0.2) is 60.8 Å². The van der Waals surface area contributed by atoms with Gasteiger partial charge in [-0.15, -0.1) is 11.3 Å². The number of phenols is 1. The number of rotatable bonds is 3. The van der Waals surface area contributed by atoms with Crippen LogP contribution in [-0.2, 0) is 0 Å². The molecule has 25 heavy (non-hydrogen) atoms. The first-order valence-electron chi connectivity index (χ1n) is 7.12. The summed E-state index contributed by atoms with van der Waals surface area (Å²) in [7, 11) is 1.65. The standard InChI is InChI=1S/C17H12Br2FN3OS/c1-21-17-23(15(9-25-17)12-4-2-3-5-14(12)20)22-8-10-6-11(18)7-13(19)16(10)24/h2-9,24H,1H3. The topological polar surface area (TPSA) is 49.9 Å². The second-order valence-corrected chi connectivity index (χ2v) is 7.60. The zero-order valence-corrected chi connectivity index (χ0v) is 16.9. The third-order valence-electron chi connectivity index (χ3n) is 3.40. The molecule has 0 saturated carbocycles. The van der Waals surface area contributed by atoms with Crippen LogP contribution in [0.3, 0.4) is 0 Å². The van der Waals surface area contributed by atoms with E-state index in [1.54, 1.807) is 47.4 Å². The minimum atomic E-state index is -0.333. The molecular formula is C17H12Br2FN3OS. The molecule has 0 unspecified atom stereocenters. The van der Waals surface area contributed by atoms with E-state index in [0.29, 0.717) is 26.1 Å². The molecule has 0 spiro atoms. The third-order valence-corrected chi connectivity index (χ3v) is 5.37. The molecule has 4 nitrogen and oxygen atoms in total. The molecule has 1 heterocycles. The maximum absolute atomic E-state index is 14.2. The number of hydrogen-bond acceptors (Lipinski definition) is 4. The Balaban J connectivity index is 2.13. The molecule has 0 aliphatic heterocycles. The van der Waals surface area contributed by atoms with Gasteiger partial charge in [-0.3, -0.25) is 4.99 Å². The number of aromatic nitrogens is 1. The van der Waals surface area contributed by atoms with E-state index in [2.05, 4.69) is 42.0 Å². The minimum Gasteiger partial charge on any atom is -0.506 e. The zero-order chi connectivity index (χ0) is 18.0. The molecule has 0 aliphatic carbocycles. The predicted octanol–water partition coefficient (Wildman–Crippen LogP) is 5.00. The van der Waals surface area contributed by atoms with E-state index in [1.807, 2.05) is 0 Å². The number of thiazole rings is 1. The van der Waals surface area contributed by atoms with Crippen LogP contribution in [0.25, 0.3) is 11.3 Å². The molecule has 0 radical (unpaired) electrons. The Hall–Kier alpha value is -1.77. The number of aromatic hydroxyl groups is 1. The molecular weight excluding hydrogens is 473 g/mol. The highest BCUT2D eigenvalue weighted by molar-refractivity contribution is 9.11. The Morgan fingerprint density at radius 1 is 1.24 bits per heavy atom. The minimum absolute atomic E-state index is 0.0743. The molecule has 0 fully saturated rings. The summed E-state index contributed by atoms with van der Waals surface area (Å²) >= 11 is 8.03. The number of halogens is 3. The fraction of sp³-hybridized carbons (Fsp3) is 0.0588. The van der Waals surface area contributed by atoms with Gasteiger partial charge in [-0.05, 0) is 40.2 Å². The van der Waals surface area contributed by atoms with Crippen molar-refractivity contribution in [2.45, 2.75) is 0 Å². The lowest BCUT2D eigenvalue weighted by atomic mass is 10.1. The van der Waals surface area contributed by atoms with Crippen LogP contribution in [0.2, 0.25) is 0 Å². The van der Waals surface area contributed by atoms with Crippen molar-refractivity contribution in [2.75, 3.05) is 7.05 Å². The number of phenolic OH excluding ortho intramolecular Hbond substituents is 1. The van der Waals surface area contributed by atoms with Gasteiger partial charge >= 0.3 is 0 Å².